The number of hydrogen-bond acceptors (Lipinski definition) is 5. The third-order valence-electron chi connectivity index (χ3n) is 1.71. The Hall–Kier alpha value is -2.04. The van der Waals surface area contributed by atoms with E-state index in [-0.39, 0.29) is 0 Å². The van der Waals surface area contributed by atoms with Crippen molar-refractivity contribution in [3.05, 3.63) is 36.3 Å². The van der Waals surface area contributed by atoms with Crippen molar-refractivity contribution in [3.8, 4) is 0 Å². The van der Waals surface area contributed by atoms with E-state index < -0.39 is 0 Å². The fourth-order valence-electron chi connectivity index (χ4n) is 1.03. The van der Waals surface area contributed by atoms with Crippen LogP contribution in [-0.4, -0.2) is 10.2 Å². The van der Waals surface area contributed by atoms with Crippen LogP contribution in [0.5, 0.6) is 0 Å². The molecule has 0 spiro atoms. The maximum absolute atomic E-state index is 5.40. The van der Waals surface area contributed by atoms with Gasteiger partial charge in [-0.05, 0) is 24.3 Å². The van der Waals surface area contributed by atoms with E-state index in [1.807, 2.05) is 12.1 Å². The lowest BCUT2D eigenvalue weighted by Crippen LogP contribution is -2.02. The highest BCUT2D eigenvalue weighted by atomic mass is 16.3. The Morgan fingerprint density at radius 2 is 2.21 bits per heavy atom. The SMILES string of the molecule is Nc1ccc(NCc2ccco2)nn1. The standard InChI is InChI=1S/C9H10N4O/c10-8-3-4-9(13-12-8)11-6-7-2-1-5-14-7/h1-5H,6H2,(H2,10,12)(H,11,13). The lowest BCUT2D eigenvalue weighted by Gasteiger charge is -2.01. The van der Waals surface area contributed by atoms with Crippen LogP contribution >= 0.6 is 0 Å². The van der Waals surface area contributed by atoms with E-state index in [2.05, 4.69) is 15.5 Å². The van der Waals surface area contributed by atoms with Gasteiger partial charge in [0.2, 0.25) is 0 Å². The number of hydrogen-bond donors (Lipinski definition) is 2. The van der Waals surface area contributed by atoms with E-state index in [0.717, 1.165) is 5.76 Å². The molecule has 0 aromatic carbocycles. The van der Waals surface area contributed by atoms with Gasteiger partial charge in [-0.1, -0.05) is 0 Å². The molecule has 0 saturated carbocycles. The van der Waals surface area contributed by atoms with Crippen molar-refractivity contribution < 1.29 is 4.42 Å². The van der Waals surface area contributed by atoms with Gasteiger partial charge < -0.3 is 15.5 Å². The van der Waals surface area contributed by atoms with Crippen molar-refractivity contribution >= 4 is 11.6 Å². The molecule has 0 amide bonds. The normalized spacial score (nSPS) is 10.0. The Bertz CT molecular complexity index is 382. The molecule has 3 N–H and O–H groups in total. The molecule has 0 atom stereocenters. The summed E-state index contributed by atoms with van der Waals surface area (Å²) in [5.74, 6) is 1.94. The van der Waals surface area contributed by atoms with Gasteiger partial charge in [0.1, 0.15) is 17.4 Å². The summed E-state index contributed by atoms with van der Waals surface area (Å²) in [7, 11) is 0. The fraction of sp³-hybridized carbons (Fsp3) is 0.111. The minimum atomic E-state index is 0.411. The van der Waals surface area contributed by atoms with Gasteiger partial charge >= 0.3 is 0 Å². The summed E-state index contributed by atoms with van der Waals surface area (Å²) >= 11 is 0. The zero-order chi connectivity index (χ0) is 9.80. The van der Waals surface area contributed by atoms with Crippen molar-refractivity contribution in [3.63, 3.8) is 0 Å². The Kier molecular flexibility index (Phi) is 2.31. The molecule has 2 aromatic heterocycles. The maximum Gasteiger partial charge on any atom is 0.149 e. The van der Waals surface area contributed by atoms with Crippen LogP contribution in [0.25, 0.3) is 0 Å². The molecule has 14 heavy (non-hydrogen) atoms. The van der Waals surface area contributed by atoms with E-state index in [0.29, 0.717) is 18.2 Å². The van der Waals surface area contributed by atoms with Gasteiger partial charge in [0.25, 0.3) is 0 Å². The maximum atomic E-state index is 5.40. The fourth-order valence-corrected chi connectivity index (χ4v) is 1.03. The number of anilines is 2. The minimum absolute atomic E-state index is 0.411. The van der Waals surface area contributed by atoms with Crippen LogP contribution < -0.4 is 11.1 Å². The molecular formula is C9H10N4O. The summed E-state index contributed by atoms with van der Waals surface area (Å²) < 4.78 is 5.14. The number of rotatable bonds is 3. The first-order valence-corrected chi connectivity index (χ1v) is 4.20. The van der Waals surface area contributed by atoms with Crippen LogP contribution in [0, 0.1) is 0 Å². The van der Waals surface area contributed by atoms with Crippen molar-refractivity contribution in [2.24, 2.45) is 0 Å². The smallest absolute Gasteiger partial charge is 0.149 e. The molecule has 0 radical (unpaired) electrons. The van der Waals surface area contributed by atoms with E-state index in [4.69, 9.17) is 10.2 Å². The first kappa shape index (κ1) is 8.55. The van der Waals surface area contributed by atoms with E-state index in [1.165, 1.54) is 0 Å². The van der Waals surface area contributed by atoms with Crippen LogP contribution in [0.4, 0.5) is 11.6 Å². The Balaban J connectivity index is 1.95. The lowest BCUT2D eigenvalue weighted by atomic mass is 10.4. The van der Waals surface area contributed by atoms with Gasteiger partial charge in [-0.2, -0.15) is 0 Å². The quantitative estimate of drug-likeness (QED) is 0.762. The molecule has 0 aliphatic heterocycles. The number of nitrogens with zero attached hydrogens (tertiary/aromatic N) is 2. The Morgan fingerprint density at radius 1 is 1.29 bits per heavy atom. The highest BCUT2D eigenvalue weighted by Gasteiger charge is 1.97. The zero-order valence-corrected chi connectivity index (χ0v) is 7.47. The second kappa shape index (κ2) is 3.78. The van der Waals surface area contributed by atoms with Gasteiger partial charge in [-0.15, -0.1) is 10.2 Å². The molecule has 0 saturated heterocycles. The second-order valence-electron chi connectivity index (χ2n) is 2.78. The van der Waals surface area contributed by atoms with Gasteiger partial charge in [-0.3, -0.25) is 0 Å². The van der Waals surface area contributed by atoms with Gasteiger partial charge in [0.05, 0.1) is 12.8 Å². The summed E-state index contributed by atoms with van der Waals surface area (Å²) in [4.78, 5) is 0. The molecule has 0 bridgehead atoms. The number of nitrogens with one attached hydrogen (secondary N) is 1. The Morgan fingerprint density at radius 3 is 2.86 bits per heavy atom. The van der Waals surface area contributed by atoms with Crippen LogP contribution in [0.2, 0.25) is 0 Å². The molecular weight excluding hydrogens is 180 g/mol. The first-order valence-electron chi connectivity index (χ1n) is 4.20. The Labute approximate surface area is 80.9 Å². The molecule has 72 valence electrons. The molecule has 0 unspecified atom stereocenters. The average Bonchev–Trinajstić information content (AvgIpc) is 2.70. The second-order valence-corrected chi connectivity index (χ2v) is 2.78. The molecule has 0 aliphatic carbocycles. The topological polar surface area (TPSA) is 77.0 Å². The van der Waals surface area contributed by atoms with Crippen LogP contribution in [0.3, 0.4) is 0 Å². The van der Waals surface area contributed by atoms with E-state index in [9.17, 15) is 0 Å². The predicted molar refractivity (Wildman–Crippen MR) is 52.5 cm³/mol. The molecule has 5 heteroatoms. The van der Waals surface area contributed by atoms with E-state index in [1.54, 1.807) is 18.4 Å². The number of nitrogens with two attached hydrogens (primary N) is 1. The highest BCUT2D eigenvalue weighted by molar-refractivity contribution is 5.38. The van der Waals surface area contributed by atoms with Crippen LogP contribution in [0.15, 0.2) is 34.9 Å². The van der Waals surface area contributed by atoms with Crippen molar-refractivity contribution in [1.82, 2.24) is 10.2 Å². The predicted octanol–water partition coefficient (Wildman–Crippen LogP) is 1.26. The molecule has 2 aromatic rings. The van der Waals surface area contributed by atoms with E-state index >= 15 is 0 Å². The number of furan rings is 1. The summed E-state index contributed by atoms with van der Waals surface area (Å²) in [6.45, 7) is 0.589. The third kappa shape index (κ3) is 2.01. The summed E-state index contributed by atoms with van der Waals surface area (Å²) in [6.07, 6.45) is 1.63. The van der Waals surface area contributed by atoms with Crippen molar-refractivity contribution in [1.29, 1.82) is 0 Å². The van der Waals surface area contributed by atoms with Gasteiger partial charge in [0.15, 0.2) is 0 Å². The van der Waals surface area contributed by atoms with Crippen LogP contribution in [-0.2, 0) is 6.54 Å². The zero-order valence-electron chi connectivity index (χ0n) is 7.47. The first-order chi connectivity index (χ1) is 6.84. The third-order valence-corrected chi connectivity index (χ3v) is 1.71. The molecule has 5 nitrogen and oxygen atoms in total. The number of aromatic nitrogens is 2. The van der Waals surface area contributed by atoms with Gasteiger partial charge in [-0.25, -0.2) is 0 Å². The molecule has 2 heterocycles. The van der Waals surface area contributed by atoms with Crippen molar-refractivity contribution in [2.45, 2.75) is 6.54 Å². The summed E-state index contributed by atoms with van der Waals surface area (Å²) in [6, 6.07) is 7.19. The summed E-state index contributed by atoms with van der Waals surface area (Å²) in [5, 5.41) is 10.6. The number of nitrogen functional groups attached to an aromatic ring is 1. The monoisotopic (exact) mass is 190 g/mol. The average molecular weight is 190 g/mol. The van der Waals surface area contributed by atoms with Gasteiger partial charge in [0, 0.05) is 0 Å². The van der Waals surface area contributed by atoms with Crippen molar-refractivity contribution in [2.75, 3.05) is 11.1 Å². The molecule has 0 aliphatic rings. The largest absolute Gasteiger partial charge is 0.467 e. The lowest BCUT2D eigenvalue weighted by molar-refractivity contribution is 0.517. The molecule has 0 fully saturated rings. The highest BCUT2D eigenvalue weighted by Crippen LogP contribution is 2.06. The van der Waals surface area contributed by atoms with Crippen LogP contribution in [0.1, 0.15) is 5.76 Å². The summed E-state index contributed by atoms with van der Waals surface area (Å²) in [5.41, 5.74) is 5.40. The minimum Gasteiger partial charge on any atom is -0.467 e. The molecule has 2 rings (SSSR count).